The topological polar surface area (TPSA) is 140 Å². The third-order valence-corrected chi connectivity index (χ3v) is 2.99. The molecule has 3 N–H and O–H groups in total. The Morgan fingerprint density at radius 3 is 2.17 bits per heavy atom. The number of hydrogen-bond donors (Lipinski definition) is 3. The number of anilines is 3. The van der Waals surface area contributed by atoms with E-state index in [0.29, 0.717) is 11.1 Å². The van der Waals surface area contributed by atoms with Crippen molar-refractivity contribution < 1.29 is 15.6 Å². The van der Waals surface area contributed by atoms with Crippen LogP contribution in [0.3, 0.4) is 0 Å². The molecular formula is C14H12N3O6-3. The van der Waals surface area contributed by atoms with Crippen molar-refractivity contribution in [1.82, 2.24) is 0 Å². The first-order valence-electron chi connectivity index (χ1n) is 6.29. The van der Waals surface area contributed by atoms with Gasteiger partial charge in [0.05, 0.1) is 5.69 Å². The van der Waals surface area contributed by atoms with Gasteiger partial charge in [-0.2, -0.15) is 0 Å². The molecule has 0 amide bonds. The van der Waals surface area contributed by atoms with Gasteiger partial charge >= 0.3 is 0 Å². The standard InChI is InChI=1S/C14H12N3O6/c18-15(19)12-3-1-2-10(8-12)4-5-11-6-7-13(16(20)21)9-14(11)17(22)23/h1-9,20,22-23H/q-3. The lowest BCUT2D eigenvalue weighted by molar-refractivity contribution is 0.0290. The monoisotopic (exact) mass is 318 g/mol. The Kier molecular flexibility index (Phi) is 5.13. The zero-order valence-electron chi connectivity index (χ0n) is 11.6. The lowest BCUT2D eigenvalue weighted by Crippen LogP contribution is -2.14. The van der Waals surface area contributed by atoms with E-state index in [9.17, 15) is 26.0 Å². The fourth-order valence-electron chi connectivity index (χ4n) is 1.89. The Morgan fingerprint density at radius 2 is 1.57 bits per heavy atom. The van der Waals surface area contributed by atoms with Gasteiger partial charge in [-0.25, -0.2) is 0 Å². The smallest absolute Gasteiger partial charge is 0.104 e. The molecule has 2 aromatic carbocycles. The van der Waals surface area contributed by atoms with Crippen molar-refractivity contribution in [3.05, 3.63) is 69.2 Å². The first kappa shape index (κ1) is 16.7. The summed E-state index contributed by atoms with van der Waals surface area (Å²) < 4.78 is 0. The lowest BCUT2D eigenvalue weighted by atomic mass is 10.1. The Morgan fingerprint density at radius 1 is 0.826 bits per heavy atom. The van der Waals surface area contributed by atoms with Crippen LogP contribution in [0.1, 0.15) is 11.1 Å². The van der Waals surface area contributed by atoms with Crippen molar-refractivity contribution in [1.29, 1.82) is 0 Å². The Labute approximate surface area is 130 Å². The van der Waals surface area contributed by atoms with Crippen LogP contribution < -0.4 is 15.7 Å². The second-order valence-electron chi connectivity index (χ2n) is 4.49. The van der Waals surface area contributed by atoms with Crippen LogP contribution in [0.2, 0.25) is 0 Å². The molecule has 2 aromatic rings. The van der Waals surface area contributed by atoms with Crippen molar-refractivity contribution in [3.63, 3.8) is 0 Å². The van der Waals surface area contributed by atoms with Gasteiger partial charge in [0, 0.05) is 11.3 Å². The maximum Gasteiger partial charge on any atom is 0.104 e. The quantitative estimate of drug-likeness (QED) is 0.560. The highest BCUT2D eigenvalue weighted by Gasteiger charge is 2.07. The zero-order chi connectivity index (χ0) is 17.0. The number of hydrogen-bond acceptors (Lipinski definition) is 9. The van der Waals surface area contributed by atoms with Gasteiger partial charge in [-0.3, -0.25) is 15.6 Å². The van der Waals surface area contributed by atoms with Crippen molar-refractivity contribution >= 4 is 29.2 Å². The predicted octanol–water partition coefficient (Wildman–Crippen LogP) is 2.94. The van der Waals surface area contributed by atoms with Crippen LogP contribution in [-0.2, 0) is 0 Å². The van der Waals surface area contributed by atoms with Crippen molar-refractivity contribution in [2.75, 3.05) is 15.7 Å². The normalized spacial score (nSPS) is 10.9. The highest BCUT2D eigenvalue weighted by Crippen LogP contribution is 2.27. The predicted molar refractivity (Wildman–Crippen MR) is 84.7 cm³/mol. The maximum absolute atomic E-state index is 10.8. The van der Waals surface area contributed by atoms with E-state index in [1.54, 1.807) is 6.07 Å². The van der Waals surface area contributed by atoms with Crippen molar-refractivity contribution in [3.8, 4) is 0 Å². The van der Waals surface area contributed by atoms with Crippen LogP contribution in [0, 0.1) is 15.6 Å². The molecule has 0 atom stereocenters. The molecular weight excluding hydrogens is 306 g/mol. The SMILES string of the molecule is [O-]N([O-])c1cccc(C=Cc2ccc(N([O-])O)cc2N(O)O)c1. The summed E-state index contributed by atoms with van der Waals surface area (Å²) in [5.41, 5.74) is 0.423. The molecule has 0 spiro atoms. The Balaban J connectivity index is 2.33. The van der Waals surface area contributed by atoms with E-state index in [-0.39, 0.29) is 22.3 Å². The Hall–Kier alpha value is -2.66. The molecule has 0 aliphatic carbocycles. The summed E-state index contributed by atoms with van der Waals surface area (Å²) in [6.07, 6.45) is 3.01. The first-order chi connectivity index (χ1) is 10.9. The molecule has 0 saturated carbocycles. The fourth-order valence-corrected chi connectivity index (χ4v) is 1.89. The molecule has 0 unspecified atom stereocenters. The average Bonchev–Trinajstić information content (AvgIpc) is 2.52. The molecule has 0 aromatic heterocycles. The van der Waals surface area contributed by atoms with Gasteiger partial charge in [0.1, 0.15) is 5.69 Å². The summed E-state index contributed by atoms with van der Waals surface area (Å²) in [6, 6.07) is 9.57. The van der Waals surface area contributed by atoms with Gasteiger partial charge in [-0.15, -0.1) is 5.23 Å². The molecule has 122 valence electrons. The summed E-state index contributed by atoms with van der Waals surface area (Å²) in [7, 11) is 0. The second kappa shape index (κ2) is 7.07. The summed E-state index contributed by atoms with van der Waals surface area (Å²) in [5.74, 6) is 0. The summed E-state index contributed by atoms with van der Waals surface area (Å²) in [6.45, 7) is 0. The van der Waals surface area contributed by atoms with Crippen LogP contribution >= 0.6 is 0 Å². The number of nitrogens with zero attached hydrogens (tertiary/aromatic N) is 3. The van der Waals surface area contributed by atoms with Gasteiger partial charge in [0.15, 0.2) is 0 Å². The molecule has 2 rings (SSSR count). The third-order valence-electron chi connectivity index (χ3n) is 2.99. The molecule has 0 radical (unpaired) electrons. The van der Waals surface area contributed by atoms with Gasteiger partial charge in [-0.1, -0.05) is 30.4 Å². The molecule has 0 fully saturated rings. The molecule has 0 aliphatic rings. The van der Waals surface area contributed by atoms with Gasteiger partial charge in [0.2, 0.25) is 0 Å². The van der Waals surface area contributed by atoms with Gasteiger partial charge < -0.3 is 26.1 Å². The minimum absolute atomic E-state index is 0.0732. The van der Waals surface area contributed by atoms with E-state index in [4.69, 9.17) is 5.21 Å². The van der Waals surface area contributed by atoms with Crippen LogP contribution in [0.4, 0.5) is 17.1 Å². The van der Waals surface area contributed by atoms with Crippen LogP contribution in [0.15, 0.2) is 42.5 Å². The summed E-state index contributed by atoms with van der Waals surface area (Å²) in [4.78, 5) is 0. The van der Waals surface area contributed by atoms with E-state index in [2.05, 4.69) is 0 Å². The number of rotatable bonds is 5. The highest BCUT2D eigenvalue weighted by molar-refractivity contribution is 5.79. The van der Waals surface area contributed by atoms with Gasteiger partial charge in [-0.05, 0) is 29.8 Å². The van der Waals surface area contributed by atoms with Gasteiger partial charge in [0.25, 0.3) is 0 Å². The average molecular weight is 318 g/mol. The molecule has 0 saturated heterocycles. The molecule has 9 heteroatoms. The van der Waals surface area contributed by atoms with E-state index in [0.717, 1.165) is 6.07 Å². The van der Waals surface area contributed by atoms with Crippen LogP contribution in [-0.4, -0.2) is 15.6 Å². The Bertz CT molecular complexity index is 703. The van der Waals surface area contributed by atoms with E-state index in [1.807, 2.05) is 0 Å². The van der Waals surface area contributed by atoms with Crippen molar-refractivity contribution in [2.45, 2.75) is 0 Å². The van der Waals surface area contributed by atoms with Crippen LogP contribution in [0.5, 0.6) is 0 Å². The molecule has 0 aliphatic heterocycles. The first-order valence-corrected chi connectivity index (χ1v) is 6.29. The minimum atomic E-state index is -0.523. The second-order valence-corrected chi connectivity index (χ2v) is 4.49. The third kappa shape index (κ3) is 4.17. The van der Waals surface area contributed by atoms with E-state index in [1.165, 1.54) is 42.5 Å². The molecule has 0 bridgehead atoms. The van der Waals surface area contributed by atoms with Crippen molar-refractivity contribution in [2.24, 2.45) is 0 Å². The lowest BCUT2D eigenvalue weighted by Gasteiger charge is -2.37. The number of benzene rings is 2. The van der Waals surface area contributed by atoms with E-state index < -0.39 is 10.5 Å². The largest absolute Gasteiger partial charge is 0.769 e. The molecule has 0 heterocycles. The van der Waals surface area contributed by atoms with E-state index >= 15 is 0 Å². The van der Waals surface area contributed by atoms with Crippen LogP contribution in [0.25, 0.3) is 12.2 Å². The fraction of sp³-hybridized carbons (Fsp3) is 0. The molecule has 9 nitrogen and oxygen atoms in total. The summed E-state index contributed by atoms with van der Waals surface area (Å²) >= 11 is 0. The zero-order valence-corrected chi connectivity index (χ0v) is 11.6. The minimum Gasteiger partial charge on any atom is -0.769 e. The maximum atomic E-state index is 10.8. The molecule has 23 heavy (non-hydrogen) atoms. The highest BCUT2D eigenvalue weighted by atomic mass is 16.8. The summed E-state index contributed by atoms with van der Waals surface area (Å²) in [5, 5.41) is 58.3.